The Kier molecular flexibility index (Phi) is 4.31. The van der Waals surface area contributed by atoms with E-state index >= 15 is 0 Å². The second-order valence-corrected chi connectivity index (χ2v) is 3.39. The van der Waals surface area contributed by atoms with E-state index < -0.39 is 18.8 Å². The smallest absolute Gasteiger partial charge is 0.333 e. The monoisotopic (exact) mass is 236 g/mol. The van der Waals surface area contributed by atoms with E-state index in [1.54, 1.807) is 10.9 Å². The van der Waals surface area contributed by atoms with Crippen molar-refractivity contribution in [3.63, 3.8) is 0 Å². The van der Waals surface area contributed by atoms with E-state index in [-0.39, 0.29) is 6.54 Å². The highest BCUT2D eigenvalue weighted by molar-refractivity contribution is 5.06. The van der Waals surface area contributed by atoms with Gasteiger partial charge in [-0.2, -0.15) is 13.2 Å². The molecule has 0 bridgehead atoms. The van der Waals surface area contributed by atoms with Gasteiger partial charge in [0.25, 0.3) is 0 Å². The quantitative estimate of drug-likeness (QED) is 0.803. The molecule has 7 heteroatoms. The number of nitrogens with zero attached hydrogens (tertiary/aromatic N) is 2. The molecule has 0 amide bonds. The predicted octanol–water partition coefficient (Wildman–Crippen LogP) is 1.05. The van der Waals surface area contributed by atoms with Crippen molar-refractivity contribution >= 4 is 0 Å². The number of alkyl halides is 3. The standard InChI is InChI=1S/C9H15F3N4/c1-2-16-6-14-4-8(16)7(3-13)15-5-9(10,11)12/h4,6-7,15H,2-3,5,13H2,1H3. The normalized spacial score (nSPS) is 14.1. The van der Waals surface area contributed by atoms with Gasteiger partial charge in [-0.15, -0.1) is 0 Å². The van der Waals surface area contributed by atoms with Gasteiger partial charge in [-0.05, 0) is 6.92 Å². The number of nitrogens with two attached hydrogens (primary N) is 1. The molecule has 0 saturated carbocycles. The molecule has 0 radical (unpaired) electrons. The van der Waals surface area contributed by atoms with Crippen LogP contribution in [0.15, 0.2) is 12.5 Å². The molecule has 0 aliphatic heterocycles. The van der Waals surface area contributed by atoms with Gasteiger partial charge in [0.15, 0.2) is 0 Å². The highest BCUT2D eigenvalue weighted by atomic mass is 19.4. The summed E-state index contributed by atoms with van der Waals surface area (Å²) in [7, 11) is 0. The minimum Gasteiger partial charge on any atom is -0.333 e. The van der Waals surface area contributed by atoms with E-state index in [0.29, 0.717) is 12.2 Å². The first kappa shape index (κ1) is 13.0. The topological polar surface area (TPSA) is 55.9 Å². The number of hydrogen-bond acceptors (Lipinski definition) is 3. The first-order valence-electron chi connectivity index (χ1n) is 4.98. The van der Waals surface area contributed by atoms with E-state index in [1.165, 1.54) is 6.20 Å². The lowest BCUT2D eigenvalue weighted by atomic mass is 10.2. The Morgan fingerprint density at radius 2 is 2.25 bits per heavy atom. The summed E-state index contributed by atoms with van der Waals surface area (Å²) in [6.07, 6.45) is -1.12. The largest absolute Gasteiger partial charge is 0.401 e. The molecule has 4 nitrogen and oxygen atoms in total. The Morgan fingerprint density at radius 1 is 1.56 bits per heavy atom. The Hall–Kier alpha value is -1.08. The molecule has 0 aliphatic rings. The molecule has 92 valence electrons. The van der Waals surface area contributed by atoms with Crippen molar-refractivity contribution in [1.82, 2.24) is 14.9 Å². The number of aryl methyl sites for hydroxylation is 1. The lowest BCUT2D eigenvalue weighted by Crippen LogP contribution is -2.36. The van der Waals surface area contributed by atoms with E-state index in [9.17, 15) is 13.2 Å². The third-order valence-electron chi connectivity index (χ3n) is 2.23. The number of halogens is 3. The lowest BCUT2D eigenvalue weighted by Gasteiger charge is -2.19. The van der Waals surface area contributed by atoms with Crippen LogP contribution in [0.3, 0.4) is 0 Å². The summed E-state index contributed by atoms with van der Waals surface area (Å²) in [5.41, 5.74) is 6.12. The molecule has 0 aliphatic carbocycles. The zero-order chi connectivity index (χ0) is 12.2. The SMILES string of the molecule is CCn1cncc1C(CN)NCC(F)(F)F. The number of imidazole rings is 1. The Morgan fingerprint density at radius 3 is 2.75 bits per heavy atom. The van der Waals surface area contributed by atoms with Crippen LogP contribution in [0.5, 0.6) is 0 Å². The van der Waals surface area contributed by atoms with Crippen molar-refractivity contribution in [2.45, 2.75) is 25.7 Å². The molecule has 1 heterocycles. The molecular weight excluding hydrogens is 221 g/mol. The van der Waals surface area contributed by atoms with Crippen molar-refractivity contribution < 1.29 is 13.2 Å². The van der Waals surface area contributed by atoms with Crippen LogP contribution in [-0.4, -0.2) is 28.8 Å². The zero-order valence-corrected chi connectivity index (χ0v) is 8.96. The van der Waals surface area contributed by atoms with Gasteiger partial charge >= 0.3 is 6.18 Å². The second-order valence-electron chi connectivity index (χ2n) is 3.39. The molecule has 0 fully saturated rings. The molecule has 1 unspecified atom stereocenters. The molecular formula is C9H15F3N4. The first-order valence-corrected chi connectivity index (χ1v) is 4.98. The van der Waals surface area contributed by atoms with Gasteiger partial charge in [0.1, 0.15) is 0 Å². The molecule has 16 heavy (non-hydrogen) atoms. The fourth-order valence-corrected chi connectivity index (χ4v) is 1.43. The average Bonchev–Trinajstić information content (AvgIpc) is 2.65. The van der Waals surface area contributed by atoms with Gasteiger partial charge in [-0.3, -0.25) is 5.32 Å². The van der Waals surface area contributed by atoms with Gasteiger partial charge in [0.05, 0.1) is 24.6 Å². The van der Waals surface area contributed by atoms with Gasteiger partial charge in [-0.1, -0.05) is 0 Å². The molecule has 0 aromatic carbocycles. The zero-order valence-electron chi connectivity index (χ0n) is 8.96. The summed E-state index contributed by atoms with van der Waals surface area (Å²) in [6, 6.07) is -0.524. The van der Waals surface area contributed by atoms with Crippen LogP contribution in [0.1, 0.15) is 18.7 Å². The van der Waals surface area contributed by atoms with Crippen molar-refractivity contribution in [2.24, 2.45) is 5.73 Å². The predicted molar refractivity (Wildman–Crippen MR) is 53.8 cm³/mol. The maximum atomic E-state index is 12.1. The highest BCUT2D eigenvalue weighted by Crippen LogP contribution is 2.16. The van der Waals surface area contributed by atoms with Crippen LogP contribution >= 0.6 is 0 Å². The summed E-state index contributed by atoms with van der Waals surface area (Å²) in [6.45, 7) is 1.59. The molecule has 1 atom stereocenters. The first-order chi connectivity index (χ1) is 7.48. The Labute approximate surface area is 91.6 Å². The molecule has 0 saturated heterocycles. The minimum absolute atomic E-state index is 0.0990. The third-order valence-corrected chi connectivity index (χ3v) is 2.23. The van der Waals surface area contributed by atoms with E-state index in [2.05, 4.69) is 10.3 Å². The van der Waals surface area contributed by atoms with Crippen LogP contribution in [0.25, 0.3) is 0 Å². The van der Waals surface area contributed by atoms with E-state index in [0.717, 1.165) is 0 Å². The van der Waals surface area contributed by atoms with Gasteiger partial charge < -0.3 is 10.3 Å². The van der Waals surface area contributed by atoms with E-state index in [4.69, 9.17) is 5.73 Å². The molecule has 3 N–H and O–H groups in total. The van der Waals surface area contributed by atoms with Crippen LogP contribution in [0.4, 0.5) is 13.2 Å². The van der Waals surface area contributed by atoms with Crippen LogP contribution < -0.4 is 11.1 Å². The van der Waals surface area contributed by atoms with Crippen molar-refractivity contribution in [3.8, 4) is 0 Å². The summed E-state index contributed by atoms with van der Waals surface area (Å²) in [5.74, 6) is 0. The third kappa shape index (κ3) is 3.49. The second kappa shape index (κ2) is 5.31. The van der Waals surface area contributed by atoms with Crippen LogP contribution in [0, 0.1) is 0 Å². The summed E-state index contributed by atoms with van der Waals surface area (Å²) < 4.78 is 37.9. The number of nitrogens with one attached hydrogen (secondary N) is 1. The summed E-state index contributed by atoms with van der Waals surface area (Å²) in [4.78, 5) is 3.89. The van der Waals surface area contributed by atoms with E-state index in [1.807, 2.05) is 6.92 Å². The Bertz CT molecular complexity index is 321. The fraction of sp³-hybridized carbons (Fsp3) is 0.667. The molecule has 1 rings (SSSR count). The highest BCUT2D eigenvalue weighted by Gasteiger charge is 2.28. The molecule has 0 spiro atoms. The van der Waals surface area contributed by atoms with Gasteiger partial charge in [-0.25, -0.2) is 4.98 Å². The average molecular weight is 236 g/mol. The maximum absolute atomic E-state index is 12.1. The van der Waals surface area contributed by atoms with Gasteiger partial charge in [0.2, 0.25) is 0 Å². The lowest BCUT2D eigenvalue weighted by molar-refractivity contribution is -0.126. The molecule has 1 aromatic rings. The summed E-state index contributed by atoms with van der Waals surface area (Å²) in [5, 5.41) is 2.38. The van der Waals surface area contributed by atoms with Crippen LogP contribution in [-0.2, 0) is 6.54 Å². The van der Waals surface area contributed by atoms with Crippen LogP contribution in [0.2, 0.25) is 0 Å². The maximum Gasteiger partial charge on any atom is 0.401 e. The number of hydrogen-bond donors (Lipinski definition) is 2. The molecule has 1 aromatic heterocycles. The van der Waals surface area contributed by atoms with Crippen molar-refractivity contribution in [3.05, 3.63) is 18.2 Å². The Balaban J connectivity index is 2.67. The van der Waals surface area contributed by atoms with Crippen molar-refractivity contribution in [1.29, 1.82) is 0 Å². The summed E-state index contributed by atoms with van der Waals surface area (Å²) >= 11 is 0. The number of aromatic nitrogens is 2. The number of rotatable bonds is 5. The fourth-order valence-electron chi connectivity index (χ4n) is 1.43. The van der Waals surface area contributed by atoms with Crippen molar-refractivity contribution in [2.75, 3.05) is 13.1 Å². The van der Waals surface area contributed by atoms with Gasteiger partial charge in [0, 0.05) is 19.3 Å². The minimum atomic E-state index is -4.23.